The van der Waals surface area contributed by atoms with Crippen LogP contribution in [0.15, 0.2) is 36.4 Å². The van der Waals surface area contributed by atoms with Crippen LogP contribution < -0.4 is 11.1 Å². The van der Waals surface area contributed by atoms with E-state index in [9.17, 15) is 4.39 Å². The molecule has 0 aliphatic carbocycles. The zero-order valence-corrected chi connectivity index (χ0v) is 9.92. The lowest BCUT2D eigenvalue weighted by atomic mass is 10.1. The highest BCUT2D eigenvalue weighted by atomic mass is 19.1. The first-order valence-corrected chi connectivity index (χ1v) is 5.45. The van der Waals surface area contributed by atoms with Crippen LogP contribution >= 0.6 is 0 Å². The van der Waals surface area contributed by atoms with E-state index in [1.807, 2.05) is 32.0 Å². The maximum atomic E-state index is 13.6. The van der Waals surface area contributed by atoms with Crippen molar-refractivity contribution < 1.29 is 4.39 Å². The lowest BCUT2D eigenvalue weighted by molar-refractivity contribution is 0.632. The van der Waals surface area contributed by atoms with Gasteiger partial charge in [-0.1, -0.05) is 12.1 Å². The van der Waals surface area contributed by atoms with Crippen molar-refractivity contribution in [2.75, 3.05) is 11.1 Å². The zero-order chi connectivity index (χ0) is 12.4. The van der Waals surface area contributed by atoms with Gasteiger partial charge in [-0.2, -0.15) is 0 Å². The standard InChI is InChI=1S/C14H15FN2/c1-9-3-4-10(2)14(7-9)17-13-6-5-11(16)8-12(13)15/h3-8,17H,16H2,1-2H3. The number of nitrogens with two attached hydrogens (primary N) is 1. The largest absolute Gasteiger partial charge is 0.399 e. The monoisotopic (exact) mass is 230 g/mol. The van der Waals surface area contributed by atoms with E-state index in [1.54, 1.807) is 12.1 Å². The van der Waals surface area contributed by atoms with Crippen molar-refractivity contribution in [1.29, 1.82) is 0 Å². The van der Waals surface area contributed by atoms with Crippen molar-refractivity contribution in [2.45, 2.75) is 13.8 Å². The topological polar surface area (TPSA) is 38.0 Å². The number of halogens is 1. The fourth-order valence-corrected chi connectivity index (χ4v) is 1.65. The van der Waals surface area contributed by atoms with Gasteiger partial charge in [-0.15, -0.1) is 0 Å². The summed E-state index contributed by atoms with van der Waals surface area (Å²) in [6.45, 7) is 3.99. The van der Waals surface area contributed by atoms with Crippen LogP contribution in [0.1, 0.15) is 11.1 Å². The summed E-state index contributed by atoms with van der Waals surface area (Å²) >= 11 is 0. The van der Waals surface area contributed by atoms with E-state index >= 15 is 0 Å². The smallest absolute Gasteiger partial charge is 0.148 e. The Bertz CT molecular complexity index is 550. The molecule has 0 amide bonds. The molecule has 88 valence electrons. The van der Waals surface area contributed by atoms with Crippen LogP contribution in [-0.4, -0.2) is 0 Å². The Kier molecular flexibility index (Phi) is 3.00. The number of aryl methyl sites for hydroxylation is 2. The number of hydrogen-bond donors (Lipinski definition) is 2. The van der Waals surface area contributed by atoms with E-state index in [-0.39, 0.29) is 5.82 Å². The molecule has 2 aromatic rings. The first kappa shape index (κ1) is 11.5. The minimum Gasteiger partial charge on any atom is -0.399 e. The zero-order valence-electron chi connectivity index (χ0n) is 9.92. The Morgan fingerprint density at radius 2 is 1.76 bits per heavy atom. The second-order valence-corrected chi connectivity index (χ2v) is 4.18. The van der Waals surface area contributed by atoms with Crippen molar-refractivity contribution in [1.82, 2.24) is 0 Å². The third-order valence-corrected chi connectivity index (χ3v) is 2.66. The minimum atomic E-state index is -0.342. The first-order valence-electron chi connectivity index (χ1n) is 5.45. The molecule has 0 spiro atoms. The highest BCUT2D eigenvalue weighted by Gasteiger charge is 2.04. The Labute approximate surface area is 100 Å². The van der Waals surface area contributed by atoms with Crippen LogP contribution in [-0.2, 0) is 0 Å². The van der Waals surface area contributed by atoms with Crippen LogP contribution in [0.5, 0.6) is 0 Å². The van der Waals surface area contributed by atoms with Crippen molar-refractivity contribution >= 4 is 17.1 Å². The molecular formula is C14H15FN2. The second kappa shape index (κ2) is 4.45. The van der Waals surface area contributed by atoms with Crippen LogP contribution in [0.2, 0.25) is 0 Å². The number of nitrogens with one attached hydrogen (secondary N) is 1. The predicted molar refractivity (Wildman–Crippen MR) is 70.0 cm³/mol. The number of rotatable bonds is 2. The Hall–Kier alpha value is -2.03. The Morgan fingerprint density at radius 1 is 1.00 bits per heavy atom. The van der Waals surface area contributed by atoms with Gasteiger partial charge in [0.1, 0.15) is 5.82 Å². The van der Waals surface area contributed by atoms with Gasteiger partial charge in [-0.25, -0.2) is 4.39 Å². The fraction of sp³-hybridized carbons (Fsp3) is 0.143. The Morgan fingerprint density at radius 3 is 2.47 bits per heavy atom. The van der Waals surface area contributed by atoms with E-state index in [2.05, 4.69) is 5.32 Å². The van der Waals surface area contributed by atoms with Gasteiger partial charge >= 0.3 is 0 Å². The summed E-state index contributed by atoms with van der Waals surface area (Å²) in [5.74, 6) is -0.342. The molecule has 0 unspecified atom stereocenters. The summed E-state index contributed by atoms with van der Waals surface area (Å²) in [7, 11) is 0. The summed E-state index contributed by atoms with van der Waals surface area (Å²) in [6.07, 6.45) is 0. The number of anilines is 3. The lowest BCUT2D eigenvalue weighted by Gasteiger charge is -2.11. The minimum absolute atomic E-state index is 0.342. The highest BCUT2D eigenvalue weighted by molar-refractivity contribution is 5.65. The molecule has 0 heterocycles. The van der Waals surface area contributed by atoms with Crippen LogP contribution in [0.3, 0.4) is 0 Å². The molecule has 0 fully saturated rings. The lowest BCUT2D eigenvalue weighted by Crippen LogP contribution is -1.97. The molecule has 17 heavy (non-hydrogen) atoms. The molecule has 0 aromatic heterocycles. The summed E-state index contributed by atoms with van der Waals surface area (Å²) in [5.41, 5.74) is 9.49. The molecule has 2 rings (SSSR count). The SMILES string of the molecule is Cc1ccc(C)c(Nc2ccc(N)cc2F)c1. The van der Waals surface area contributed by atoms with E-state index < -0.39 is 0 Å². The van der Waals surface area contributed by atoms with Crippen molar-refractivity contribution in [3.63, 3.8) is 0 Å². The molecule has 0 aliphatic heterocycles. The molecular weight excluding hydrogens is 215 g/mol. The van der Waals surface area contributed by atoms with Crippen LogP contribution in [0, 0.1) is 19.7 Å². The van der Waals surface area contributed by atoms with Crippen molar-refractivity contribution in [2.24, 2.45) is 0 Å². The molecule has 3 N–H and O–H groups in total. The maximum Gasteiger partial charge on any atom is 0.148 e. The normalized spacial score (nSPS) is 10.3. The average molecular weight is 230 g/mol. The highest BCUT2D eigenvalue weighted by Crippen LogP contribution is 2.24. The summed E-state index contributed by atoms with van der Waals surface area (Å²) in [6, 6.07) is 10.7. The van der Waals surface area contributed by atoms with Crippen molar-refractivity contribution in [3.8, 4) is 0 Å². The molecule has 0 saturated heterocycles. The van der Waals surface area contributed by atoms with E-state index in [0.717, 1.165) is 16.8 Å². The van der Waals surface area contributed by atoms with E-state index in [0.29, 0.717) is 11.4 Å². The van der Waals surface area contributed by atoms with Gasteiger partial charge in [0.15, 0.2) is 0 Å². The number of hydrogen-bond acceptors (Lipinski definition) is 2. The van der Waals surface area contributed by atoms with E-state index in [1.165, 1.54) is 6.07 Å². The van der Waals surface area contributed by atoms with Gasteiger partial charge in [-0.05, 0) is 49.2 Å². The molecule has 0 aliphatic rings. The summed E-state index contributed by atoms with van der Waals surface area (Å²) in [4.78, 5) is 0. The van der Waals surface area contributed by atoms with Gasteiger partial charge in [0.2, 0.25) is 0 Å². The molecule has 3 heteroatoms. The fourth-order valence-electron chi connectivity index (χ4n) is 1.65. The third kappa shape index (κ3) is 2.56. The van der Waals surface area contributed by atoms with Gasteiger partial charge in [0.05, 0.1) is 5.69 Å². The van der Waals surface area contributed by atoms with E-state index in [4.69, 9.17) is 5.73 Å². The average Bonchev–Trinajstić information content (AvgIpc) is 2.27. The molecule has 0 bridgehead atoms. The van der Waals surface area contributed by atoms with Crippen molar-refractivity contribution in [3.05, 3.63) is 53.3 Å². The summed E-state index contributed by atoms with van der Waals surface area (Å²) in [5, 5.41) is 3.08. The quantitative estimate of drug-likeness (QED) is 0.771. The molecule has 0 atom stereocenters. The van der Waals surface area contributed by atoms with Gasteiger partial charge < -0.3 is 11.1 Å². The second-order valence-electron chi connectivity index (χ2n) is 4.18. The molecule has 0 saturated carbocycles. The first-order chi connectivity index (χ1) is 8.06. The van der Waals surface area contributed by atoms with Gasteiger partial charge in [0, 0.05) is 11.4 Å². The maximum absolute atomic E-state index is 13.6. The van der Waals surface area contributed by atoms with Gasteiger partial charge in [0.25, 0.3) is 0 Å². The van der Waals surface area contributed by atoms with Crippen LogP contribution in [0.25, 0.3) is 0 Å². The van der Waals surface area contributed by atoms with Crippen LogP contribution in [0.4, 0.5) is 21.5 Å². The molecule has 0 radical (unpaired) electrons. The summed E-state index contributed by atoms with van der Waals surface area (Å²) < 4.78 is 13.6. The molecule has 2 nitrogen and oxygen atoms in total. The Balaban J connectivity index is 2.34. The number of benzene rings is 2. The third-order valence-electron chi connectivity index (χ3n) is 2.66. The number of nitrogen functional groups attached to an aromatic ring is 1. The molecule has 2 aromatic carbocycles. The van der Waals surface area contributed by atoms with Gasteiger partial charge in [-0.3, -0.25) is 0 Å². The predicted octanol–water partition coefficient (Wildman–Crippen LogP) is 3.77.